The number of ether oxygens (including phenoxy) is 1. The molecule has 0 radical (unpaired) electrons. The third kappa shape index (κ3) is 45.5. The highest BCUT2D eigenvalue weighted by atomic mass is 79.9. The van der Waals surface area contributed by atoms with Crippen LogP contribution in [-0.4, -0.2) is 183 Å². The number of carbonyl (C=O) groups is 2. The number of halogens is 2. The van der Waals surface area contributed by atoms with Crippen molar-refractivity contribution in [3.63, 3.8) is 0 Å². The lowest BCUT2D eigenvalue weighted by atomic mass is 9.91. The Kier molecular flexibility index (Phi) is 61.5. The molecule has 0 bridgehead atoms. The van der Waals surface area contributed by atoms with Crippen molar-refractivity contribution in [1.82, 2.24) is 19.6 Å². The molecule has 0 unspecified atom stereocenters. The first-order chi connectivity index (χ1) is 64.5. The van der Waals surface area contributed by atoms with Crippen molar-refractivity contribution in [2.24, 2.45) is 11.3 Å². The van der Waals surface area contributed by atoms with Crippen molar-refractivity contribution in [2.75, 3.05) is 141 Å². The molecular weight excluding hydrogens is 1920 g/mol. The zero-order chi connectivity index (χ0) is 93.3. The van der Waals surface area contributed by atoms with E-state index in [1.807, 2.05) is 63.1 Å². The molecule has 5 fully saturated rings. The van der Waals surface area contributed by atoms with Gasteiger partial charge in [-0.15, -0.1) is 0 Å². The van der Waals surface area contributed by atoms with E-state index in [4.69, 9.17) is 14.9 Å². The largest absolute Gasteiger partial charge is 1.00 e. The molecule has 2 N–H and O–H groups in total. The molecular formula is C119H154Br2N4O5S6+4. The number of carbonyl (C=O) groups excluding carboxylic acids is 2. The van der Waals surface area contributed by atoms with Gasteiger partial charge in [0.25, 0.3) is 0 Å². The van der Waals surface area contributed by atoms with Gasteiger partial charge in [-0.05, 0) is 227 Å². The van der Waals surface area contributed by atoms with Crippen molar-refractivity contribution in [3.8, 4) is 0 Å². The summed E-state index contributed by atoms with van der Waals surface area (Å²) in [4.78, 5) is 48.6. The highest BCUT2D eigenvalue weighted by Gasteiger charge is 2.35. The van der Waals surface area contributed by atoms with Gasteiger partial charge >= 0.3 is 0 Å². The van der Waals surface area contributed by atoms with Crippen LogP contribution in [0.15, 0.2) is 453 Å². The minimum absolute atomic E-state index is 0. The monoisotopic (exact) mass is 2070 g/mol. The zero-order valence-corrected chi connectivity index (χ0v) is 88.4. The number of Topliss-reactive ketones (excluding diaryl/α,β-unsaturated/α-hetero) is 2. The van der Waals surface area contributed by atoms with Gasteiger partial charge in [0.05, 0.1) is 70.0 Å². The number of aliphatic hydroxyl groups excluding tert-OH is 2. The van der Waals surface area contributed by atoms with Crippen LogP contribution in [0.4, 0.5) is 0 Å². The van der Waals surface area contributed by atoms with E-state index in [1.54, 1.807) is 0 Å². The van der Waals surface area contributed by atoms with Crippen LogP contribution >= 0.6 is 0 Å². The molecule has 13 aromatic rings. The molecule has 1 aliphatic carbocycles. The van der Waals surface area contributed by atoms with Crippen molar-refractivity contribution < 1.29 is 58.5 Å². The van der Waals surface area contributed by atoms with Gasteiger partial charge in [-0.25, -0.2) is 0 Å². The highest BCUT2D eigenvalue weighted by Crippen LogP contribution is 2.35. The zero-order valence-electron chi connectivity index (χ0n) is 80.3. The molecule has 0 spiro atoms. The van der Waals surface area contributed by atoms with Gasteiger partial charge in [0.2, 0.25) is 5.78 Å². The molecule has 4 aliphatic heterocycles. The Bertz CT molecular complexity index is 4180. The highest BCUT2D eigenvalue weighted by molar-refractivity contribution is 7.98. The molecule has 0 atom stereocenters. The maximum atomic E-state index is 11.8. The third-order valence-electron chi connectivity index (χ3n) is 22.4. The van der Waals surface area contributed by atoms with E-state index in [1.165, 1.54) is 166 Å². The average Bonchev–Trinajstić information content (AvgIpc) is 1.06. The predicted molar refractivity (Wildman–Crippen MR) is 584 cm³/mol. The first-order valence-electron chi connectivity index (χ1n) is 47.1. The lowest BCUT2D eigenvalue weighted by molar-refractivity contribution is -0.123. The normalized spacial score (nSPS) is 14.2. The van der Waals surface area contributed by atoms with E-state index in [9.17, 15) is 9.59 Å². The second-order valence-electron chi connectivity index (χ2n) is 34.2. The number of hydrogen-bond acceptors (Lipinski definition) is 9. The first-order valence-corrected chi connectivity index (χ1v) is 55.4. The van der Waals surface area contributed by atoms with E-state index < -0.39 is 0 Å². The number of piperazine rings is 1. The van der Waals surface area contributed by atoms with Gasteiger partial charge in [0.1, 0.15) is 23.0 Å². The van der Waals surface area contributed by atoms with Gasteiger partial charge < -0.3 is 68.5 Å². The summed E-state index contributed by atoms with van der Waals surface area (Å²) >= 11 is 0. The third-order valence-corrected chi connectivity index (χ3v) is 36.1. The topological polar surface area (TPSA) is 96.8 Å². The van der Waals surface area contributed by atoms with Crippen LogP contribution in [0.25, 0.3) is 0 Å². The summed E-state index contributed by atoms with van der Waals surface area (Å²) in [5.74, 6) is 8.62. The second-order valence-corrected chi connectivity index (χ2v) is 47.0. The molecule has 5 aliphatic rings. The quantitative estimate of drug-likeness (QED) is 0.0539. The summed E-state index contributed by atoms with van der Waals surface area (Å²) < 4.78 is 5.10. The number of morpholine rings is 1. The summed E-state index contributed by atoms with van der Waals surface area (Å²) in [6.45, 7) is 19.0. The molecule has 0 amide bonds. The van der Waals surface area contributed by atoms with E-state index in [-0.39, 0.29) is 111 Å². The summed E-state index contributed by atoms with van der Waals surface area (Å²) in [7, 11) is 9.10. The maximum absolute atomic E-state index is 11.8. The van der Waals surface area contributed by atoms with E-state index >= 15 is 0 Å². The lowest BCUT2D eigenvalue weighted by Crippen LogP contribution is -3.00. The molecule has 0 aromatic heterocycles. The Labute approximate surface area is 859 Å². The van der Waals surface area contributed by atoms with E-state index in [0.717, 1.165) is 49.3 Å². The van der Waals surface area contributed by atoms with Gasteiger partial charge in [-0.3, -0.25) is 9.59 Å². The standard InChI is InChI=1S/4C18H15S.C12H15OS.C10H19OS.C7H14.C6H14N2.C5H13NO2.C5H11NO.2CH4.2BrH/c4*1-4-10-16(11-5-1)19(17-12-6-2-7-13-17)18-14-8-3-9-15-18;13-12(10-14-8-4-5-9-14)11-6-2-1-3-7-11;1-10(2,3)9(11)8-12-6-4-5-7-12;1-7-5-3-2-4-6-7;1-7-3-5-8(2)6-4-7;1-6(2-4-7)3-5-8;1-6-2-4-7-5-3-6;;;;/h4*1-15H;1-3,6-7H,4-5,8-10H2;4-8H2,1-3H3;7H,2-6H2,1H3;3-6H2,1-2H3;7-8H,2-5H2,1H3;2-5H2,1H3;2*1H4;2*1H/q6*+1;;;;;;;;/p-2. The molecule has 18 rings (SSSR count). The SMILES string of the molecule is C.C.CC(C)(C)C(=O)C[S+]1CCCC1.CC1CCCCC1.CN(CCO)CCO.CN1CCN(C)CC1.CN1CCOCC1.O=C(C[S+]1CCCC1)c1ccccc1.[Br-].[Br-].c1ccc([S+](c2ccccc2)c2ccccc2)cc1.c1ccc([S+](c2ccccc2)c2ccccc2)cc1.c1ccc([S+](c2ccccc2)c2ccccc2)cc1.c1ccc([S+](c2ccccc2)c2ccccc2)cc1. The number of nitrogens with zero attached hydrogens (tertiary/aromatic N) is 4. The molecule has 17 heteroatoms. The van der Waals surface area contributed by atoms with Crippen LogP contribution in [0.1, 0.15) is 111 Å². The molecule has 4 saturated heterocycles. The second kappa shape index (κ2) is 70.6. The Hall–Kier alpha value is -8.02. The minimum atomic E-state index is -0.115. The molecule has 9 nitrogen and oxygen atoms in total. The number of likely N-dealkylation sites (N-methyl/N-ethyl adjacent to an activating group) is 4. The lowest BCUT2D eigenvalue weighted by Gasteiger charge is -2.28. The number of hydrogen-bond donors (Lipinski definition) is 2. The number of benzene rings is 13. The summed E-state index contributed by atoms with van der Waals surface area (Å²) in [5.41, 5.74) is 0.766. The van der Waals surface area contributed by atoms with Crippen LogP contribution in [0.2, 0.25) is 0 Å². The minimum Gasteiger partial charge on any atom is -1.00 e. The maximum Gasteiger partial charge on any atom is 0.211 e. The first kappa shape index (κ1) is 118. The Morgan fingerprint density at radius 3 is 0.699 bits per heavy atom. The Balaban J connectivity index is 0.000000271. The number of rotatable bonds is 21. The van der Waals surface area contributed by atoms with Gasteiger partial charge in [0, 0.05) is 63.3 Å². The molecule has 136 heavy (non-hydrogen) atoms. The Morgan fingerprint density at radius 1 is 0.324 bits per heavy atom. The van der Waals surface area contributed by atoms with Gasteiger partial charge in [-0.1, -0.05) is 323 Å². The van der Waals surface area contributed by atoms with Gasteiger partial charge in [-0.2, -0.15) is 0 Å². The molecule has 1 saturated carbocycles. The van der Waals surface area contributed by atoms with Crippen molar-refractivity contribution in [3.05, 3.63) is 400 Å². The molecule has 726 valence electrons. The number of ketones is 2. The summed E-state index contributed by atoms with van der Waals surface area (Å²) in [6, 6.07) is 138. The Morgan fingerprint density at radius 2 is 0.522 bits per heavy atom. The van der Waals surface area contributed by atoms with Crippen molar-refractivity contribution in [2.45, 2.75) is 159 Å². The fourth-order valence-corrected chi connectivity index (χ4v) is 27.8. The predicted octanol–water partition coefficient (Wildman–Crippen LogP) is 20.0. The summed E-state index contributed by atoms with van der Waals surface area (Å²) in [5, 5.41) is 16.7. The van der Waals surface area contributed by atoms with Crippen LogP contribution < -0.4 is 34.0 Å². The van der Waals surface area contributed by atoms with Crippen LogP contribution in [-0.2, 0) is 74.9 Å². The molecule has 4 heterocycles. The number of aliphatic hydroxyl groups is 2. The van der Waals surface area contributed by atoms with Crippen LogP contribution in [0, 0.1) is 11.3 Å². The average molecular weight is 2070 g/mol. The fourth-order valence-electron chi connectivity index (χ4n) is 14.6. The van der Waals surface area contributed by atoms with Crippen molar-refractivity contribution in [1.29, 1.82) is 0 Å². The van der Waals surface area contributed by atoms with E-state index in [0.29, 0.717) is 46.4 Å². The van der Waals surface area contributed by atoms with E-state index in [2.05, 4.69) is 407 Å². The summed E-state index contributed by atoms with van der Waals surface area (Å²) in [6.07, 6.45) is 12.8. The fraction of sp³-hybridized carbons (Fsp3) is 0.328. The van der Waals surface area contributed by atoms with Gasteiger partial charge in [0.15, 0.2) is 76.0 Å². The smallest absolute Gasteiger partial charge is 0.211 e. The molecule has 13 aromatic carbocycles. The van der Waals surface area contributed by atoms with Crippen LogP contribution in [0.3, 0.4) is 0 Å². The van der Waals surface area contributed by atoms with Crippen molar-refractivity contribution >= 4 is 76.9 Å². The van der Waals surface area contributed by atoms with Crippen LogP contribution in [0.5, 0.6) is 0 Å².